The smallest absolute Gasteiger partial charge is 0.303 e. The quantitative estimate of drug-likeness (QED) is 0.781. The highest BCUT2D eigenvalue weighted by Gasteiger charge is 2.28. The van der Waals surface area contributed by atoms with E-state index in [2.05, 4.69) is 26.8 Å². The number of aromatic nitrogens is 2. The van der Waals surface area contributed by atoms with E-state index in [1.165, 1.54) is 29.9 Å². The van der Waals surface area contributed by atoms with E-state index in [-0.39, 0.29) is 12.5 Å². The first-order valence-electron chi connectivity index (χ1n) is 7.56. The lowest BCUT2D eigenvalue weighted by Gasteiger charge is -2.17. The number of carboxylic acids is 1. The molecule has 1 fully saturated rings. The molecule has 1 aliphatic rings. The first-order chi connectivity index (χ1) is 10.7. The van der Waals surface area contributed by atoms with Gasteiger partial charge in [-0.1, -0.05) is 30.3 Å². The number of hydrogen-bond donors (Lipinski definition) is 2. The van der Waals surface area contributed by atoms with Crippen LogP contribution < -0.4 is 5.32 Å². The summed E-state index contributed by atoms with van der Waals surface area (Å²) in [6.45, 7) is 0. The van der Waals surface area contributed by atoms with E-state index in [4.69, 9.17) is 5.11 Å². The van der Waals surface area contributed by atoms with Gasteiger partial charge in [-0.2, -0.15) is 4.37 Å². The molecule has 1 atom stereocenters. The Kier molecular flexibility index (Phi) is 4.68. The molecule has 0 amide bonds. The summed E-state index contributed by atoms with van der Waals surface area (Å²) in [6, 6.07) is 10.2. The van der Waals surface area contributed by atoms with Crippen LogP contribution in [0.2, 0.25) is 0 Å². The van der Waals surface area contributed by atoms with E-state index in [9.17, 15) is 4.79 Å². The van der Waals surface area contributed by atoms with Crippen LogP contribution in [-0.4, -0.2) is 26.5 Å². The van der Waals surface area contributed by atoms with E-state index in [0.29, 0.717) is 12.3 Å². The van der Waals surface area contributed by atoms with E-state index in [0.717, 1.165) is 17.4 Å². The second kappa shape index (κ2) is 6.87. The summed E-state index contributed by atoms with van der Waals surface area (Å²) in [5.74, 6) is 0.707. The van der Waals surface area contributed by atoms with Crippen molar-refractivity contribution in [2.45, 2.75) is 44.1 Å². The normalized spacial score (nSPS) is 15.5. The van der Waals surface area contributed by atoms with Gasteiger partial charge in [0.25, 0.3) is 0 Å². The van der Waals surface area contributed by atoms with Gasteiger partial charge in [-0.15, -0.1) is 0 Å². The lowest BCUT2D eigenvalue weighted by molar-refractivity contribution is -0.137. The number of carboxylic acid groups (broad SMARTS) is 1. The maximum absolute atomic E-state index is 10.9. The van der Waals surface area contributed by atoms with Gasteiger partial charge in [-0.25, -0.2) is 4.98 Å². The minimum atomic E-state index is -0.768. The number of rotatable bonds is 8. The van der Waals surface area contributed by atoms with Crippen molar-refractivity contribution < 1.29 is 9.90 Å². The zero-order valence-corrected chi connectivity index (χ0v) is 13.1. The number of benzene rings is 1. The Labute approximate surface area is 133 Å². The molecule has 1 heterocycles. The van der Waals surface area contributed by atoms with Gasteiger partial charge in [0.1, 0.15) is 5.82 Å². The highest BCUT2D eigenvalue weighted by atomic mass is 32.1. The van der Waals surface area contributed by atoms with Gasteiger partial charge >= 0.3 is 5.97 Å². The van der Waals surface area contributed by atoms with E-state index < -0.39 is 5.97 Å². The third-order valence-corrected chi connectivity index (χ3v) is 4.40. The molecule has 1 unspecified atom stereocenters. The predicted octanol–water partition coefficient (Wildman–Crippen LogP) is 3.30. The van der Waals surface area contributed by atoms with Crippen LogP contribution in [0.25, 0.3) is 0 Å². The fourth-order valence-corrected chi connectivity index (χ4v) is 3.12. The third-order valence-electron chi connectivity index (χ3n) is 3.74. The summed E-state index contributed by atoms with van der Waals surface area (Å²) < 4.78 is 4.39. The Morgan fingerprint density at radius 1 is 1.36 bits per heavy atom. The van der Waals surface area contributed by atoms with Crippen LogP contribution in [0.5, 0.6) is 0 Å². The Morgan fingerprint density at radius 3 is 2.82 bits per heavy atom. The lowest BCUT2D eigenvalue weighted by atomic mass is 10.0. The maximum atomic E-state index is 10.9. The van der Waals surface area contributed by atoms with Crippen molar-refractivity contribution in [1.82, 2.24) is 9.36 Å². The van der Waals surface area contributed by atoms with Crippen molar-refractivity contribution in [2.75, 3.05) is 5.32 Å². The van der Waals surface area contributed by atoms with Gasteiger partial charge < -0.3 is 10.4 Å². The molecule has 1 aromatic heterocycles. The zero-order valence-electron chi connectivity index (χ0n) is 12.2. The summed E-state index contributed by atoms with van der Waals surface area (Å²) >= 11 is 1.37. The van der Waals surface area contributed by atoms with Crippen LogP contribution >= 0.6 is 11.5 Å². The molecule has 3 rings (SSSR count). The highest BCUT2D eigenvalue weighted by molar-refractivity contribution is 7.09. The molecule has 2 aromatic rings. The average Bonchev–Trinajstić information content (AvgIpc) is 3.26. The molecule has 1 saturated carbocycles. The summed E-state index contributed by atoms with van der Waals surface area (Å²) in [4.78, 5) is 15.4. The highest BCUT2D eigenvalue weighted by Crippen LogP contribution is 2.39. The Balaban J connectivity index is 1.64. The number of hydrogen-bond acceptors (Lipinski definition) is 5. The lowest BCUT2D eigenvalue weighted by Crippen LogP contribution is -2.23. The van der Waals surface area contributed by atoms with E-state index >= 15 is 0 Å². The monoisotopic (exact) mass is 317 g/mol. The fourth-order valence-electron chi connectivity index (χ4n) is 2.40. The van der Waals surface area contributed by atoms with Crippen molar-refractivity contribution >= 4 is 22.6 Å². The fraction of sp³-hybridized carbons (Fsp3) is 0.438. The number of aliphatic carboxylic acids is 1. The standard InChI is InChI=1S/C16H19N3O2S/c20-14(21)9-8-13(10-11-4-2-1-3-5-11)17-16-18-15(19-22-16)12-6-7-12/h1-5,12-13H,6-10H2,(H,20,21)(H,17,18,19). The second-order valence-electron chi connectivity index (χ2n) is 5.70. The SMILES string of the molecule is O=C(O)CCC(Cc1ccccc1)Nc1nc(C2CC2)ns1. The summed E-state index contributed by atoms with van der Waals surface area (Å²) in [5, 5.41) is 13.1. The summed E-state index contributed by atoms with van der Waals surface area (Å²) in [5.41, 5.74) is 1.19. The molecule has 116 valence electrons. The molecular weight excluding hydrogens is 298 g/mol. The minimum absolute atomic E-state index is 0.0542. The average molecular weight is 317 g/mol. The zero-order chi connectivity index (χ0) is 15.4. The van der Waals surface area contributed by atoms with Crippen molar-refractivity contribution in [3.8, 4) is 0 Å². The van der Waals surface area contributed by atoms with Crippen LogP contribution in [0.1, 0.15) is 43.0 Å². The van der Waals surface area contributed by atoms with Crippen LogP contribution in [0.15, 0.2) is 30.3 Å². The third kappa shape index (κ3) is 4.27. The van der Waals surface area contributed by atoms with E-state index in [1.807, 2.05) is 18.2 Å². The number of nitrogens with zero attached hydrogens (tertiary/aromatic N) is 2. The molecule has 22 heavy (non-hydrogen) atoms. The second-order valence-corrected chi connectivity index (χ2v) is 6.45. The van der Waals surface area contributed by atoms with Gasteiger partial charge in [0.2, 0.25) is 5.13 Å². The molecular formula is C16H19N3O2S. The number of nitrogens with one attached hydrogen (secondary N) is 1. The largest absolute Gasteiger partial charge is 0.481 e. The predicted molar refractivity (Wildman–Crippen MR) is 86.3 cm³/mol. The minimum Gasteiger partial charge on any atom is -0.481 e. The maximum Gasteiger partial charge on any atom is 0.303 e. The van der Waals surface area contributed by atoms with Crippen LogP contribution in [0, 0.1) is 0 Å². The van der Waals surface area contributed by atoms with Gasteiger partial charge in [-0.05, 0) is 31.2 Å². The van der Waals surface area contributed by atoms with Crippen LogP contribution in [0.4, 0.5) is 5.13 Å². The Hall–Kier alpha value is -1.95. The van der Waals surface area contributed by atoms with Crippen LogP contribution in [0.3, 0.4) is 0 Å². The molecule has 5 nitrogen and oxygen atoms in total. The van der Waals surface area contributed by atoms with Gasteiger partial charge in [-0.3, -0.25) is 4.79 Å². The molecule has 2 N–H and O–H groups in total. The number of anilines is 1. The Bertz CT molecular complexity index is 625. The molecule has 1 aromatic carbocycles. The molecule has 0 radical (unpaired) electrons. The van der Waals surface area contributed by atoms with Crippen molar-refractivity contribution in [2.24, 2.45) is 0 Å². The van der Waals surface area contributed by atoms with Crippen LogP contribution in [-0.2, 0) is 11.2 Å². The first-order valence-corrected chi connectivity index (χ1v) is 8.34. The summed E-state index contributed by atoms with van der Waals surface area (Å²) in [6.07, 6.45) is 3.87. The topological polar surface area (TPSA) is 75.1 Å². The van der Waals surface area contributed by atoms with Gasteiger partial charge in [0.15, 0.2) is 0 Å². The van der Waals surface area contributed by atoms with Crippen molar-refractivity contribution in [1.29, 1.82) is 0 Å². The molecule has 0 saturated heterocycles. The first kappa shape index (κ1) is 15.0. The van der Waals surface area contributed by atoms with Crippen molar-refractivity contribution in [3.63, 3.8) is 0 Å². The molecule has 0 spiro atoms. The Morgan fingerprint density at radius 2 is 2.14 bits per heavy atom. The number of carbonyl (C=O) groups is 1. The van der Waals surface area contributed by atoms with Gasteiger partial charge in [0, 0.05) is 29.9 Å². The molecule has 0 aliphatic heterocycles. The van der Waals surface area contributed by atoms with Crippen molar-refractivity contribution in [3.05, 3.63) is 41.7 Å². The molecule has 6 heteroatoms. The molecule has 0 bridgehead atoms. The van der Waals surface area contributed by atoms with Gasteiger partial charge in [0.05, 0.1) is 0 Å². The summed E-state index contributed by atoms with van der Waals surface area (Å²) in [7, 11) is 0. The van der Waals surface area contributed by atoms with E-state index in [1.54, 1.807) is 0 Å². The molecule has 1 aliphatic carbocycles.